The van der Waals surface area contributed by atoms with Crippen LogP contribution in [0.4, 0.5) is 0 Å². The Morgan fingerprint density at radius 1 is 0.576 bits per heavy atom. The Bertz CT molecular complexity index is 1620. The number of unbranched alkanes of at least 4 members (excludes halogenated alkanes) is 9. The number of carbonyl (C=O) groups is 2. The molecule has 0 aromatic heterocycles. The van der Waals surface area contributed by atoms with Crippen molar-refractivity contribution >= 4 is 27.6 Å². The van der Waals surface area contributed by atoms with E-state index in [1.807, 2.05) is 49.5 Å². The molecule has 66 heavy (non-hydrogen) atoms. The van der Waals surface area contributed by atoms with Gasteiger partial charge in [0, 0.05) is 12.8 Å². The molecule has 0 aromatic carbocycles. The van der Waals surface area contributed by atoms with Crippen molar-refractivity contribution in [2.75, 3.05) is 13.2 Å². The fourth-order valence-electron chi connectivity index (χ4n) is 6.41. The van der Waals surface area contributed by atoms with Crippen molar-refractivity contribution in [1.82, 2.24) is 0 Å². The summed E-state index contributed by atoms with van der Waals surface area (Å²) in [6, 6.07) is 0. The maximum absolute atomic E-state index is 13.0. The van der Waals surface area contributed by atoms with Crippen LogP contribution in [-0.2, 0) is 41.8 Å². The summed E-state index contributed by atoms with van der Waals surface area (Å²) >= 11 is 0. The number of phosphoric ester groups is 2. The van der Waals surface area contributed by atoms with Crippen LogP contribution in [0.2, 0.25) is 0 Å². The number of esters is 2. The van der Waals surface area contributed by atoms with E-state index in [-0.39, 0.29) is 12.8 Å². The summed E-state index contributed by atoms with van der Waals surface area (Å²) in [7, 11) is -10.7. The average Bonchev–Trinajstić information content (AvgIpc) is 3.26. The highest BCUT2D eigenvalue weighted by Crippen LogP contribution is 2.49. The van der Waals surface area contributed by atoms with Crippen molar-refractivity contribution in [2.45, 2.75) is 185 Å². The summed E-state index contributed by atoms with van der Waals surface area (Å²) < 4.78 is 49.2. The number of aliphatic hydroxyl groups excluding tert-OH is 5. The molecule has 8 N–H and O–H groups in total. The highest BCUT2D eigenvalue weighted by atomic mass is 31.2. The number of hydrogen-bond acceptors (Lipinski definition) is 14. The molecule has 0 radical (unpaired) electrons. The van der Waals surface area contributed by atoms with Gasteiger partial charge in [-0.3, -0.25) is 23.2 Å². The van der Waals surface area contributed by atoms with E-state index in [2.05, 4.69) is 47.9 Å². The van der Waals surface area contributed by atoms with Crippen LogP contribution in [-0.4, -0.2) is 114 Å². The van der Waals surface area contributed by atoms with Crippen molar-refractivity contribution in [3.8, 4) is 0 Å². The number of allylic oxidation sites excluding steroid dienone is 12. The molecule has 0 bridgehead atoms. The van der Waals surface area contributed by atoms with E-state index in [1.165, 1.54) is 19.3 Å². The second kappa shape index (κ2) is 37.1. The van der Waals surface area contributed by atoms with E-state index in [4.69, 9.17) is 28.3 Å². The van der Waals surface area contributed by atoms with Gasteiger partial charge in [-0.25, -0.2) is 9.13 Å². The summed E-state index contributed by atoms with van der Waals surface area (Å²) in [5, 5.41) is 51.1. The van der Waals surface area contributed by atoms with Crippen LogP contribution in [0, 0.1) is 0 Å². The van der Waals surface area contributed by atoms with Crippen LogP contribution in [0.1, 0.15) is 136 Å². The van der Waals surface area contributed by atoms with Crippen molar-refractivity contribution < 1.29 is 82.0 Å². The topological polar surface area (TPSA) is 276 Å². The minimum atomic E-state index is -5.38. The molecule has 1 rings (SSSR count). The number of phosphoric acid groups is 2. The summed E-state index contributed by atoms with van der Waals surface area (Å²) in [5.74, 6) is -1.33. The summed E-state index contributed by atoms with van der Waals surface area (Å²) in [4.78, 5) is 54.2. The molecular formula is C47H78O17P2. The second-order valence-electron chi connectivity index (χ2n) is 15.9. The van der Waals surface area contributed by atoms with E-state index in [1.54, 1.807) is 6.08 Å². The summed E-state index contributed by atoms with van der Waals surface area (Å²) in [5.41, 5.74) is 0. The van der Waals surface area contributed by atoms with Gasteiger partial charge in [0.05, 0.1) is 12.7 Å². The van der Waals surface area contributed by atoms with Gasteiger partial charge in [0.25, 0.3) is 0 Å². The Balaban J connectivity index is 2.68. The van der Waals surface area contributed by atoms with E-state index in [0.717, 1.165) is 57.8 Å². The third kappa shape index (κ3) is 31.2. The van der Waals surface area contributed by atoms with Gasteiger partial charge in [-0.1, -0.05) is 131 Å². The molecular weight excluding hydrogens is 898 g/mol. The van der Waals surface area contributed by atoms with E-state index in [9.17, 15) is 49.1 Å². The molecule has 0 spiro atoms. The quantitative estimate of drug-likeness (QED) is 0.00979. The van der Waals surface area contributed by atoms with Gasteiger partial charge < -0.3 is 49.7 Å². The Hall–Kier alpha value is -2.86. The van der Waals surface area contributed by atoms with Crippen LogP contribution < -0.4 is 0 Å². The van der Waals surface area contributed by atoms with Crippen molar-refractivity contribution in [3.05, 3.63) is 85.1 Å². The zero-order chi connectivity index (χ0) is 49.1. The van der Waals surface area contributed by atoms with Crippen molar-refractivity contribution in [2.24, 2.45) is 0 Å². The van der Waals surface area contributed by atoms with Gasteiger partial charge in [0.15, 0.2) is 6.10 Å². The van der Waals surface area contributed by atoms with Crippen molar-refractivity contribution in [3.63, 3.8) is 0 Å². The van der Waals surface area contributed by atoms with Gasteiger partial charge in [0.1, 0.15) is 43.2 Å². The molecule has 0 aliphatic heterocycles. The number of aliphatic hydroxyl groups is 5. The third-order valence-electron chi connectivity index (χ3n) is 10.0. The van der Waals surface area contributed by atoms with E-state index in [0.29, 0.717) is 32.1 Å². The smallest absolute Gasteiger partial charge is 0.462 e. The number of hydrogen-bond donors (Lipinski definition) is 8. The van der Waals surface area contributed by atoms with Crippen LogP contribution in [0.3, 0.4) is 0 Å². The first-order valence-corrected chi connectivity index (χ1v) is 26.3. The zero-order valence-corrected chi connectivity index (χ0v) is 40.5. The normalized spacial score (nSPS) is 22.8. The minimum absolute atomic E-state index is 0.0189. The lowest BCUT2D eigenvalue weighted by atomic mass is 9.85. The fourth-order valence-corrected chi connectivity index (χ4v) is 7.94. The molecule has 1 aliphatic carbocycles. The van der Waals surface area contributed by atoms with E-state index >= 15 is 0 Å². The third-order valence-corrected chi connectivity index (χ3v) is 11.5. The maximum Gasteiger partial charge on any atom is 0.472 e. The lowest BCUT2D eigenvalue weighted by Crippen LogP contribution is -2.64. The molecule has 0 heterocycles. The number of carbonyl (C=O) groups excluding carboxylic acids is 2. The highest BCUT2D eigenvalue weighted by molar-refractivity contribution is 7.47. The first kappa shape index (κ1) is 61.2. The monoisotopic (exact) mass is 976 g/mol. The first-order chi connectivity index (χ1) is 31.5. The Labute approximate surface area is 391 Å². The van der Waals surface area contributed by atoms with Gasteiger partial charge in [-0.05, 0) is 77.0 Å². The minimum Gasteiger partial charge on any atom is -0.462 e. The van der Waals surface area contributed by atoms with Gasteiger partial charge in [-0.15, -0.1) is 0 Å². The fraction of sp³-hybridized carbons (Fsp3) is 0.660. The molecule has 6 unspecified atom stereocenters. The van der Waals surface area contributed by atoms with Gasteiger partial charge in [0.2, 0.25) is 0 Å². The Kier molecular flexibility index (Phi) is 34.4. The molecule has 1 fully saturated rings. The van der Waals surface area contributed by atoms with Crippen LogP contribution >= 0.6 is 15.6 Å². The molecule has 1 aliphatic rings. The van der Waals surface area contributed by atoms with E-state index < -0.39 is 89.6 Å². The summed E-state index contributed by atoms with van der Waals surface area (Å²) in [6.45, 7) is 2.79. The average molecular weight is 977 g/mol. The molecule has 0 aromatic rings. The number of ether oxygens (including phenoxy) is 2. The first-order valence-electron chi connectivity index (χ1n) is 23.2. The lowest BCUT2D eigenvalue weighted by molar-refractivity contribution is -0.216. The standard InChI is InChI=1S/C47H78O17P2/c1-3-5-7-8-9-10-11-12-13-14-15-16-17-20-23-26-30-34-40(49)60-36-39(62-41(50)35-31-27-24-21-18-19-22-25-29-33-38(48)32-28-6-4-2)37-61-66(58,59)64-47-44(53)42(51)43(52)46(45(47)54)63-65(55,56)57/h6,9-10,12-13,15-16,20,22-23,25,28-29,33,38-39,42-48,51-54H,3-5,7-8,11,14,17-19,21,24,26-27,30-32,34-37H2,1-2H3,(H,58,59)(H2,55,56,57)/b10-9-,13-12-,16-15-,23-20-,25-22+,28-6+,33-29+/t38?,39-,42?,43?,44?,45?,46-,47+/m1/s1. The molecule has 17 nitrogen and oxygen atoms in total. The Morgan fingerprint density at radius 3 is 1.74 bits per heavy atom. The largest absolute Gasteiger partial charge is 0.472 e. The van der Waals surface area contributed by atoms with Gasteiger partial charge in [-0.2, -0.15) is 0 Å². The zero-order valence-electron chi connectivity index (χ0n) is 38.7. The van der Waals surface area contributed by atoms with Gasteiger partial charge >= 0.3 is 27.6 Å². The molecule has 19 heteroatoms. The summed E-state index contributed by atoms with van der Waals surface area (Å²) in [6.07, 6.45) is 27.3. The molecule has 0 amide bonds. The lowest BCUT2D eigenvalue weighted by Gasteiger charge is -2.43. The second-order valence-corrected chi connectivity index (χ2v) is 18.5. The molecule has 1 saturated carbocycles. The van der Waals surface area contributed by atoms with Crippen molar-refractivity contribution in [1.29, 1.82) is 0 Å². The molecule has 0 saturated heterocycles. The predicted molar refractivity (Wildman–Crippen MR) is 251 cm³/mol. The van der Waals surface area contributed by atoms with Crippen LogP contribution in [0.5, 0.6) is 0 Å². The highest BCUT2D eigenvalue weighted by Gasteiger charge is 2.54. The van der Waals surface area contributed by atoms with Crippen LogP contribution in [0.15, 0.2) is 85.1 Å². The SMILES string of the molecule is CC/C=C/CC(O)/C=C/C=C/CCCCCCCC(=O)O[C@H](COC(=O)CCC/C=C\C/C=C\C/C=C\C/C=C\CCCCC)COP(=O)(O)O[C@H]1C(O)C(O)C(O)[C@@H](OP(=O)(O)O)C1O. The number of rotatable bonds is 37. The molecule has 9 atom stereocenters. The Morgan fingerprint density at radius 2 is 1.12 bits per heavy atom. The molecule has 378 valence electrons. The maximum atomic E-state index is 13.0. The predicted octanol–water partition coefficient (Wildman–Crippen LogP) is 7.58. The van der Waals surface area contributed by atoms with Crippen LogP contribution in [0.25, 0.3) is 0 Å².